The number of hydrogen-bond donors (Lipinski definition) is 2. The van der Waals surface area contributed by atoms with E-state index in [0.29, 0.717) is 18.8 Å². The van der Waals surface area contributed by atoms with Crippen molar-refractivity contribution in [1.29, 1.82) is 0 Å². The number of aliphatic hydroxyl groups excluding tert-OH is 1. The van der Waals surface area contributed by atoms with E-state index in [1.807, 2.05) is 0 Å². The minimum Gasteiger partial charge on any atom is -0.393 e. The number of piperidine rings is 1. The molecule has 0 atom stereocenters. The molecule has 0 saturated carbocycles. The molecular formula is C23H29FN4O2. The Labute approximate surface area is 176 Å². The summed E-state index contributed by atoms with van der Waals surface area (Å²) in [6.45, 7) is 5.47. The summed E-state index contributed by atoms with van der Waals surface area (Å²) in [6.07, 6.45) is 1.45. The van der Waals surface area contributed by atoms with Gasteiger partial charge in [0.25, 0.3) is 0 Å². The molecule has 7 heteroatoms. The first-order valence-electron chi connectivity index (χ1n) is 10.6. The van der Waals surface area contributed by atoms with E-state index in [0.717, 1.165) is 45.6 Å². The molecule has 2 aliphatic rings. The maximum atomic E-state index is 13.3. The summed E-state index contributed by atoms with van der Waals surface area (Å²) in [5.74, 6) is -0.362. The molecule has 160 valence electrons. The van der Waals surface area contributed by atoms with Crippen LogP contribution < -0.4 is 10.2 Å². The number of nitrogens with one attached hydrogen (secondary N) is 1. The molecule has 2 aliphatic heterocycles. The number of para-hydroxylation sites is 1. The molecule has 0 aromatic heterocycles. The summed E-state index contributed by atoms with van der Waals surface area (Å²) in [4.78, 5) is 19.0. The molecule has 2 amide bonds. The van der Waals surface area contributed by atoms with Crippen LogP contribution in [0.1, 0.15) is 18.4 Å². The highest BCUT2D eigenvalue weighted by atomic mass is 19.1. The molecule has 2 N–H and O–H groups in total. The van der Waals surface area contributed by atoms with Crippen LogP contribution in [-0.2, 0) is 6.54 Å². The van der Waals surface area contributed by atoms with Crippen molar-refractivity contribution >= 4 is 17.4 Å². The van der Waals surface area contributed by atoms with E-state index in [1.54, 1.807) is 17.0 Å². The highest BCUT2D eigenvalue weighted by Gasteiger charge is 2.23. The molecule has 30 heavy (non-hydrogen) atoms. The lowest BCUT2D eigenvalue weighted by Crippen LogP contribution is -2.49. The average molecular weight is 413 g/mol. The van der Waals surface area contributed by atoms with Crippen LogP contribution in [0.4, 0.5) is 20.6 Å². The normalized spacial score (nSPS) is 18.5. The Kier molecular flexibility index (Phi) is 6.50. The standard InChI is InChI=1S/C23H29FN4O2/c24-19-5-3-6-20(16-19)25-23(30)28-14-12-26(13-15-28)17-18-4-1-2-7-22(18)27-10-8-21(29)9-11-27/h1-7,16,21,29H,8-15,17H2,(H,25,30). The van der Waals surface area contributed by atoms with Crippen molar-refractivity contribution in [2.45, 2.75) is 25.5 Å². The van der Waals surface area contributed by atoms with Gasteiger partial charge in [-0.3, -0.25) is 4.90 Å². The molecule has 0 radical (unpaired) electrons. The van der Waals surface area contributed by atoms with Gasteiger partial charge >= 0.3 is 6.03 Å². The topological polar surface area (TPSA) is 59.1 Å². The second-order valence-electron chi connectivity index (χ2n) is 8.05. The Bertz CT molecular complexity index is 862. The third kappa shape index (κ3) is 5.09. The zero-order valence-corrected chi connectivity index (χ0v) is 17.1. The second-order valence-corrected chi connectivity index (χ2v) is 8.05. The van der Waals surface area contributed by atoms with Crippen molar-refractivity contribution in [3.8, 4) is 0 Å². The fourth-order valence-corrected chi connectivity index (χ4v) is 4.18. The summed E-state index contributed by atoms with van der Waals surface area (Å²) in [7, 11) is 0. The number of urea groups is 1. The van der Waals surface area contributed by atoms with Gasteiger partial charge in [0.15, 0.2) is 0 Å². The van der Waals surface area contributed by atoms with E-state index in [-0.39, 0.29) is 18.0 Å². The number of anilines is 2. The molecule has 2 aromatic carbocycles. The van der Waals surface area contributed by atoms with Gasteiger partial charge in [0.2, 0.25) is 0 Å². The molecule has 0 aliphatic carbocycles. The fourth-order valence-electron chi connectivity index (χ4n) is 4.18. The highest BCUT2D eigenvalue weighted by molar-refractivity contribution is 5.89. The van der Waals surface area contributed by atoms with Gasteiger partial charge < -0.3 is 20.2 Å². The number of carbonyl (C=O) groups is 1. The number of hydrogen-bond acceptors (Lipinski definition) is 4. The first kappa shape index (κ1) is 20.6. The summed E-state index contributed by atoms with van der Waals surface area (Å²) >= 11 is 0. The van der Waals surface area contributed by atoms with E-state index in [4.69, 9.17) is 0 Å². The van der Waals surface area contributed by atoms with E-state index in [1.165, 1.54) is 23.4 Å². The lowest BCUT2D eigenvalue weighted by molar-refractivity contribution is 0.141. The summed E-state index contributed by atoms with van der Waals surface area (Å²) in [6, 6.07) is 14.2. The predicted molar refractivity (Wildman–Crippen MR) is 116 cm³/mol. The molecule has 2 aromatic rings. The third-order valence-corrected chi connectivity index (χ3v) is 5.93. The van der Waals surface area contributed by atoms with Crippen LogP contribution in [0.25, 0.3) is 0 Å². The van der Waals surface area contributed by atoms with Gasteiger partial charge in [-0.25, -0.2) is 9.18 Å². The van der Waals surface area contributed by atoms with Gasteiger partial charge in [-0.1, -0.05) is 24.3 Å². The first-order valence-corrected chi connectivity index (χ1v) is 10.6. The molecule has 2 fully saturated rings. The largest absolute Gasteiger partial charge is 0.393 e. The Balaban J connectivity index is 1.31. The molecule has 0 spiro atoms. The van der Waals surface area contributed by atoms with Gasteiger partial charge in [0.1, 0.15) is 5.82 Å². The number of halogens is 1. The van der Waals surface area contributed by atoms with Crippen LogP contribution in [-0.4, -0.2) is 66.3 Å². The Morgan fingerprint density at radius 3 is 2.47 bits per heavy atom. The van der Waals surface area contributed by atoms with Gasteiger partial charge in [-0.05, 0) is 42.7 Å². The number of aliphatic hydroxyl groups is 1. The molecule has 2 heterocycles. The Morgan fingerprint density at radius 1 is 1.00 bits per heavy atom. The monoisotopic (exact) mass is 412 g/mol. The molecule has 0 bridgehead atoms. The van der Waals surface area contributed by atoms with Gasteiger partial charge in [-0.15, -0.1) is 0 Å². The predicted octanol–water partition coefficient (Wildman–Crippen LogP) is 3.14. The minimum atomic E-state index is -0.362. The number of carbonyl (C=O) groups excluding carboxylic acids is 1. The van der Waals surface area contributed by atoms with E-state index < -0.39 is 0 Å². The quantitative estimate of drug-likeness (QED) is 0.810. The van der Waals surface area contributed by atoms with Crippen molar-refractivity contribution in [2.24, 2.45) is 0 Å². The van der Waals surface area contributed by atoms with Crippen molar-refractivity contribution < 1.29 is 14.3 Å². The summed E-state index contributed by atoms with van der Waals surface area (Å²) in [5, 5.41) is 12.6. The van der Waals surface area contributed by atoms with Crippen molar-refractivity contribution in [3.63, 3.8) is 0 Å². The van der Waals surface area contributed by atoms with Gasteiger partial charge in [-0.2, -0.15) is 0 Å². The van der Waals surface area contributed by atoms with Gasteiger partial charge in [0.05, 0.1) is 6.10 Å². The third-order valence-electron chi connectivity index (χ3n) is 5.93. The second kappa shape index (κ2) is 9.45. The summed E-state index contributed by atoms with van der Waals surface area (Å²) < 4.78 is 13.3. The molecule has 6 nitrogen and oxygen atoms in total. The molecule has 4 rings (SSSR count). The van der Waals surface area contributed by atoms with Crippen molar-refractivity contribution in [2.75, 3.05) is 49.5 Å². The fraction of sp³-hybridized carbons (Fsp3) is 0.435. The van der Waals surface area contributed by atoms with Crippen LogP contribution in [0.2, 0.25) is 0 Å². The highest BCUT2D eigenvalue weighted by Crippen LogP contribution is 2.26. The zero-order chi connectivity index (χ0) is 20.9. The van der Waals surface area contributed by atoms with Crippen LogP contribution >= 0.6 is 0 Å². The SMILES string of the molecule is O=C(Nc1cccc(F)c1)N1CCN(Cc2ccccc2N2CCC(O)CC2)CC1. The Morgan fingerprint density at radius 2 is 1.73 bits per heavy atom. The molecular weight excluding hydrogens is 383 g/mol. The number of amides is 2. The zero-order valence-electron chi connectivity index (χ0n) is 17.1. The van der Waals surface area contributed by atoms with Crippen molar-refractivity contribution in [3.05, 3.63) is 59.9 Å². The number of nitrogens with zero attached hydrogens (tertiary/aromatic N) is 3. The maximum absolute atomic E-state index is 13.3. The van der Waals surface area contributed by atoms with E-state index in [2.05, 4.69) is 39.4 Å². The van der Waals surface area contributed by atoms with Crippen LogP contribution in [0.5, 0.6) is 0 Å². The lowest BCUT2D eigenvalue weighted by atomic mass is 10.0. The number of rotatable bonds is 4. The molecule has 0 unspecified atom stereocenters. The van der Waals surface area contributed by atoms with Crippen LogP contribution in [0.3, 0.4) is 0 Å². The van der Waals surface area contributed by atoms with Crippen LogP contribution in [0.15, 0.2) is 48.5 Å². The average Bonchev–Trinajstić information content (AvgIpc) is 2.75. The number of piperazine rings is 1. The Hall–Kier alpha value is -2.64. The maximum Gasteiger partial charge on any atom is 0.321 e. The van der Waals surface area contributed by atoms with E-state index in [9.17, 15) is 14.3 Å². The smallest absolute Gasteiger partial charge is 0.321 e. The van der Waals surface area contributed by atoms with E-state index >= 15 is 0 Å². The van der Waals surface area contributed by atoms with Gasteiger partial charge in [0, 0.05) is 57.2 Å². The molecule has 2 saturated heterocycles. The minimum absolute atomic E-state index is 0.181. The van der Waals surface area contributed by atoms with Crippen LogP contribution in [0, 0.1) is 5.82 Å². The van der Waals surface area contributed by atoms with Crippen molar-refractivity contribution in [1.82, 2.24) is 9.80 Å². The first-order chi connectivity index (χ1) is 14.6. The number of benzene rings is 2. The summed E-state index contributed by atoms with van der Waals surface area (Å²) in [5.41, 5.74) is 3.00. The lowest BCUT2D eigenvalue weighted by Gasteiger charge is -2.36.